The van der Waals surface area contributed by atoms with Gasteiger partial charge in [0.2, 0.25) is 0 Å². The van der Waals surface area contributed by atoms with E-state index in [4.69, 9.17) is 10.5 Å². The van der Waals surface area contributed by atoms with Gasteiger partial charge in [-0.3, -0.25) is 4.79 Å². The van der Waals surface area contributed by atoms with Crippen molar-refractivity contribution in [1.29, 1.82) is 0 Å². The monoisotopic (exact) mass is 234 g/mol. The summed E-state index contributed by atoms with van der Waals surface area (Å²) in [7, 11) is 0. The molecule has 2 rings (SSSR count). The molecule has 2 N–H and O–H groups in total. The summed E-state index contributed by atoms with van der Waals surface area (Å²) in [5.41, 5.74) is 6.26. The second-order valence-corrected chi connectivity index (χ2v) is 4.44. The summed E-state index contributed by atoms with van der Waals surface area (Å²) in [6.45, 7) is 3.04. The van der Waals surface area contributed by atoms with Crippen LogP contribution in [0.15, 0.2) is 24.3 Å². The highest BCUT2D eigenvalue weighted by Gasteiger charge is 2.24. The number of nitrogens with zero attached hydrogens (tertiary/aromatic N) is 1. The lowest BCUT2D eigenvalue weighted by Gasteiger charge is -2.21. The molecule has 1 atom stereocenters. The molecule has 0 radical (unpaired) electrons. The summed E-state index contributed by atoms with van der Waals surface area (Å²) < 4.78 is 5.44. The quantitative estimate of drug-likeness (QED) is 0.809. The number of hydrogen-bond donors (Lipinski definition) is 1. The summed E-state index contributed by atoms with van der Waals surface area (Å²) in [6.07, 6.45) is 2.18. The van der Waals surface area contributed by atoms with E-state index in [1.807, 2.05) is 4.90 Å². The number of nitrogen functional groups attached to an aromatic ring is 1. The molecule has 1 fully saturated rings. The Morgan fingerprint density at radius 1 is 1.47 bits per heavy atom. The van der Waals surface area contributed by atoms with Gasteiger partial charge in [-0.05, 0) is 44.0 Å². The number of ether oxygens (including phenoxy) is 1. The van der Waals surface area contributed by atoms with Crippen molar-refractivity contribution in [3.63, 3.8) is 0 Å². The average molecular weight is 234 g/mol. The maximum absolute atomic E-state index is 11.9. The lowest BCUT2D eigenvalue weighted by Crippen LogP contribution is -2.37. The van der Waals surface area contributed by atoms with E-state index in [0.29, 0.717) is 17.5 Å². The van der Waals surface area contributed by atoms with Gasteiger partial charge in [0.1, 0.15) is 5.75 Å². The Balaban J connectivity index is 1.85. The number of carbonyl (C=O) groups is 1. The van der Waals surface area contributed by atoms with Crippen molar-refractivity contribution in [2.75, 3.05) is 18.9 Å². The zero-order valence-corrected chi connectivity index (χ0v) is 10.1. The first-order valence-electron chi connectivity index (χ1n) is 5.94. The van der Waals surface area contributed by atoms with Gasteiger partial charge in [0.25, 0.3) is 5.91 Å². The third-order valence-electron chi connectivity index (χ3n) is 3.12. The van der Waals surface area contributed by atoms with Crippen LogP contribution in [0.5, 0.6) is 5.75 Å². The summed E-state index contributed by atoms with van der Waals surface area (Å²) in [4.78, 5) is 13.8. The van der Waals surface area contributed by atoms with Crippen molar-refractivity contribution in [3.05, 3.63) is 24.3 Å². The summed E-state index contributed by atoms with van der Waals surface area (Å²) >= 11 is 0. The number of hydrogen-bond acceptors (Lipinski definition) is 3. The summed E-state index contributed by atoms with van der Waals surface area (Å²) in [5.74, 6) is 0.742. The van der Waals surface area contributed by atoms with E-state index < -0.39 is 0 Å². The van der Waals surface area contributed by atoms with Crippen LogP contribution in [0.2, 0.25) is 0 Å². The molecule has 0 spiro atoms. The summed E-state index contributed by atoms with van der Waals surface area (Å²) in [5, 5.41) is 0. The van der Waals surface area contributed by atoms with Gasteiger partial charge in [-0.15, -0.1) is 0 Å². The third-order valence-corrected chi connectivity index (χ3v) is 3.12. The normalized spacial score (nSPS) is 19.4. The minimum Gasteiger partial charge on any atom is -0.484 e. The Hall–Kier alpha value is -1.71. The molecule has 1 aromatic rings. The predicted octanol–water partition coefficient (Wildman–Crippen LogP) is 1.66. The zero-order chi connectivity index (χ0) is 12.3. The van der Waals surface area contributed by atoms with Gasteiger partial charge >= 0.3 is 0 Å². The van der Waals surface area contributed by atoms with Crippen LogP contribution in [0.4, 0.5) is 5.69 Å². The maximum Gasteiger partial charge on any atom is 0.260 e. The van der Waals surface area contributed by atoms with Crippen LogP contribution in [0.3, 0.4) is 0 Å². The van der Waals surface area contributed by atoms with Crippen LogP contribution in [-0.4, -0.2) is 30.0 Å². The van der Waals surface area contributed by atoms with E-state index in [9.17, 15) is 4.79 Å². The van der Waals surface area contributed by atoms with E-state index in [0.717, 1.165) is 19.4 Å². The van der Waals surface area contributed by atoms with E-state index in [1.165, 1.54) is 0 Å². The Bertz CT molecular complexity index is 389. The molecule has 1 saturated heterocycles. The fraction of sp³-hybridized carbons (Fsp3) is 0.462. The molecule has 0 bridgehead atoms. The van der Waals surface area contributed by atoms with Crippen molar-refractivity contribution in [1.82, 2.24) is 4.90 Å². The van der Waals surface area contributed by atoms with Gasteiger partial charge in [0.15, 0.2) is 6.61 Å². The summed E-state index contributed by atoms with van der Waals surface area (Å²) in [6, 6.07) is 7.42. The molecule has 4 nitrogen and oxygen atoms in total. The second kappa shape index (κ2) is 5.08. The molecule has 1 amide bonds. The number of anilines is 1. The highest BCUT2D eigenvalue weighted by molar-refractivity contribution is 5.78. The largest absolute Gasteiger partial charge is 0.484 e. The standard InChI is InChI=1S/C13H18N2O2/c1-10-3-2-8-15(10)13(16)9-17-12-6-4-11(14)5-7-12/h4-7,10H,2-3,8-9,14H2,1H3. The fourth-order valence-electron chi connectivity index (χ4n) is 2.10. The SMILES string of the molecule is CC1CCCN1C(=O)COc1ccc(N)cc1. The Morgan fingerprint density at radius 2 is 2.18 bits per heavy atom. The first-order valence-corrected chi connectivity index (χ1v) is 5.94. The topological polar surface area (TPSA) is 55.6 Å². The minimum atomic E-state index is 0.0619. The number of amides is 1. The van der Waals surface area contributed by atoms with Crippen LogP contribution in [0.25, 0.3) is 0 Å². The molecule has 1 aliphatic rings. The highest BCUT2D eigenvalue weighted by atomic mass is 16.5. The first kappa shape index (κ1) is 11.8. The van der Waals surface area contributed by atoms with Crippen LogP contribution in [-0.2, 0) is 4.79 Å². The van der Waals surface area contributed by atoms with E-state index >= 15 is 0 Å². The third kappa shape index (κ3) is 2.90. The fourth-order valence-corrected chi connectivity index (χ4v) is 2.10. The smallest absolute Gasteiger partial charge is 0.260 e. The molecule has 4 heteroatoms. The molecule has 17 heavy (non-hydrogen) atoms. The molecule has 1 aromatic carbocycles. The molecular weight excluding hydrogens is 216 g/mol. The minimum absolute atomic E-state index is 0.0619. The van der Waals surface area contributed by atoms with Gasteiger partial charge < -0.3 is 15.4 Å². The number of likely N-dealkylation sites (tertiary alicyclic amines) is 1. The van der Waals surface area contributed by atoms with Crippen molar-refractivity contribution >= 4 is 11.6 Å². The molecule has 0 saturated carbocycles. The first-order chi connectivity index (χ1) is 8.16. The number of carbonyl (C=O) groups excluding carboxylic acids is 1. The van der Waals surface area contributed by atoms with Crippen LogP contribution in [0, 0.1) is 0 Å². The van der Waals surface area contributed by atoms with E-state index in [2.05, 4.69) is 6.92 Å². The van der Waals surface area contributed by atoms with Gasteiger partial charge in [0.05, 0.1) is 0 Å². The average Bonchev–Trinajstić information content (AvgIpc) is 2.74. The highest BCUT2D eigenvalue weighted by Crippen LogP contribution is 2.17. The zero-order valence-electron chi connectivity index (χ0n) is 10.1. The van der Waals surface area contributed by atoms with Crippen molar-refractivity contribution in [3.8, 4) is 5.75 Å². The van der Waals surface area contributed by atoms with E-state index in [1.54, 1.807) is 24.3 Å². The number of benzene rings is 1. The van der Waals surface area contributed by atoms with Gasteiger partial charge in [-0.1, -0.05) is 0 Å². The molecule has 92 valence electrons. The molecule has 0 aliphatic carbocycles. The van der Waals surface area contributed by atoms with Crippen LogP contribution >= 0.6 is 0 Å². The number of rotatable bonds is 3. The van der Waals surface area contributed by atoms with E-state index in [-0.39, 0.29) is 12.5 Å². The van der Waals surface area contributed by atoms with Crippen LogP contribution in [0.1, 0.15) is 19.8 Å². The van der Waals surface area contributed by atoms with Crippen molar-refractivity contribution in [2.24, 2.45) is 0 Å². The molecular formula is C13H18N2O2. The number of nitrogens with two attached hydrogens (primary N) is 1. The molecule has 0 aromatic heterocycles. The molecule has 1 unspecified atom stereocenters. The van der Waals surface area contributed by atoms with Gasteiger partial charge in [-0.25, -0.2) is 0 Å². The van der Waals surface area contributed by atoms with Crippen molar-refractivity contribution < 1.29 is 9.53 Å². The predicted molar refractivity (Wildman–Crippen MR) is 66.8 cm³/mol. The second-order valence-electron chi connectivity index (χ2n) is 4.44. The Kier molecular flexibility index (Phi) is 3.52. The Morgan fingerprint density at radius 3 is 2.76 bits per heavy atom. The molecule has 1 heterocycles. The maximum atomic E-state index is 11.9. The van der Waals surface area contributed by atoms with Crippen LogP contribution < -0.4 is 10.5 Å². The Labute approximate surface area is 101 Å². The lowest BCUT2D eigenvalue weighted by molar-refractivity contribution is -0.133. The van der Waals surface area contributed by atoms with Crippen molar-refractivity contribution in [2.45, 2.75) is 25.8 Å². The van der Waals surface area contributed by atoms with Gasteiger partial charge in [-0.2, -0.15) is 0 Å². The molecule has 1 aliphatic heterocycles. The lowest BCUT2D eigenvalue weighted by atomic mass is 10.2. The van der Waals surface area contributed by atoms with Gasteiger partial charge in [0, 0.05) is 18.3 Å².